The molecule has 0 fully saturated rings. The van der Waals surface area contributed by atoms with E-state index in [0.29, 0.717) is 10.9 Å². The number of nitrogens with zero attached hydrogens (tertiary/aromatic N) is 2. The van der Waals surface area contributed by atoms with Gasteiger partial charge < -0.3 is 15.5 Å². The van der Waals surface area contributed by atoms with E-state index in [4.69, 9.17) is 0 Å². The fourth-order valence-electron chi connectivity index (χ4n) is 2.18. The SMILES string of the molecule is CC(=O)NCC(O)C(O)c1ccc([N+](=O)[O-])c2cnccc12. The number of aliphatic hydroxyl groups is 2. The molecule has 0 saturated heterocycles. The molecule has 0 aliphatic heterocycles. The Balaban J connectivity index is 2.41. The van der Waals surface area contributed by atoms with Gasteiger partial charge in [-0.15, -0.1) is 0 Å². The first-order chi connectivity index (χ1) is 10.4. The molecule has 0 saturated carbocycles. The standard InChI is InChI=1S/C14H15N3O5/c1-8(18)16-7-13(19)14(20)10-2-3-12(17(21)22)11-6-15-5-4-9(10)11/h2-6,13-14,19-20H,7H2,1H3,(H,16,18). The molecule has 0 aliphatic carbocycles. The van der Waals surface area contributed by atoms with Gasteiger partial charge >= 0.3 is 0 Å². The molecule has 22 heavy (non-hydrogen) atoms. The van der Waals surface area contributed by atoms with Gasteiger partial charge in [-0.25, -0.2) is 0 Å². The Hall–Kier alpha value is -2.58. The molecule has 3 N–H and O–H groups in total. The van der Waals surface area contributed by atoms with Crippen molar-refractivity contribution in [2.75, 3.05) is 6.54 Å². The van der Waals surface area contributed by atoms with Crippen LogP contribution in [0.1, 0.15) is 18.6 Å². The molecule has 1 aromatic carbocycles. The van der Waals surface area contributed by atoms with Crippen molar-refractivity contribution < 1.29 is 19.9 Å². The zero-order chi connectivity index (χ0) is 16.3. The number of aromatic nitrogens is 1. The van der Waals surface area contributed by atoms with Crippen LogP contribution in [-0.2, 0) is 4.79 Å². The van der Waals surface area contributed by atoms with Gasteiger partial charge in [0.1, 0.15) is 12.2 Å². The number of amides is 1. The van der Waals surface area contributed by atoms with E-state index >= 15 is 0 Å². The van der Waals surface area contributed by atoms with Crippen molar-refractivity contribution in [3.05, 3.63) is 46.3 Å². The molecule has 0 radical (unpaired) electrons. The maximum Gasteiger partial charge on any atom is 0.278 e. The zero-order valence-corrected chi connectivity index (χ0v) is 11.8. The van der Waals surface area contributed by atoms with Crippen molar-refractivity contribution in [3.8, 4) is 0 Å². The third-order valence-corrected chi connectivity index (χ3v) is 3.27. The van der Waals surface area contributed by atoms with E-state index in [-0.39, 0.29) is 23.5 Å². The summed E-state index contributed by atoms with van der Waals surface area (Å²) < 4.78 is 0. The maximum atomic E-state index is 11.0. The minimum absolute atomic E-state index is 0.125. The lowest BCUT2D eigenvalue weighted by Crippen LogP contribution is -2.34. The fraction of sp³-hybridized carbons (Fsp3) is 0.286. The summed E-state index contributed by atoms with van der Waals surface area (Å²) in [6.07, 6.45) is 0.256. The zero-order valence-electron chi connectivity index (χ0n) is 11.8. The Morgan fingerprint density at radius 2 is 2.09 bits per heavy atom. The normalized spacial score (nSPS) is 13.6. The molecule has 1 amide bonds. The van der Waals surface area contributed by atoms with Gasteiger partial charge in [0.05, 0.1) is 10.3 Å². The molecular weight excluding hydrogens is 290 g/mol. The van der Waals surface area contributed by atoms with Crippen molar-refractivity contribution in [2.24, 2.45) is 0 Å². The van der Waals surface area contributed by atoms with Gasteiger partial charge in [-0.1, -0.05) is 0 Å². The Labute approximate surface area is 125 Å². The quantitative estimate of drug-likeness (QED) is 0.550. The second kappa shape index (κ2) is 6.46. The predicted octanol–water partition coefficient (Wildman–Crippen LogP) is 0.673. The van der Waals surface area contributed by atoms with E-state index in [1.165, 1.54) is 37.5 Å². The molecule has 0 bridgehead atoms. The molecule has 8 nitrogen and oxygen atoms in total. The minimum atomic E-state index is -1.29. The second-order valence-electron chi connectivity index (χ2n) is 4.80. The van der Waals surface area contributed by atoms with E-state index in [0.717, 1.165) is 0 Å². The van der Waals surface area contributed by atoms with Crippen LogP contribution in [-0.4, -0.2) is 38.7 Å². The first kappa shape index (κ1) is 15.8. The van der Waals surface area contributed by atoms with Crippen molar-refractivity contribution in [1.82, 2.24) is 10.3 Å². The van der Waals surface area contributed by atoms with Gasteiger partial charge in [0.2, 0.25) is 5.91 Å². The summed E-state index contributed by atoms with van der Waals surface area (Å²) in [7, 11) is 0. The number of non-ortho nitro benzene ring substituents is 1. The van der Waals surface area contributed by atoms with Gasteiger partial charge in [0.25, 0.3) is 5.69 Å². The Kier molecular flexibility index (Phi) is 4.64. The highest BCUT2D eigenvalue weighted by Crippen LogP contribution is 2.31. The molecule has 2 aromatic rings. The van der Waals surface area contributed by atoms with E-state index < -0.39 is 17.1 Å². The van der Waals surface area contributed by atoms with Crippen molar-refractivity contribution >= 4 is 22.4 Å². The Bertz CT molecular complexity index is 719. The highest BCUT2D eigenvalue weighted by atomic mass is 16.6. The van der Waals surface area contributed by atoms with E-state index in [9.17, 15) is 25.1 Å². The second-order valence-corrected chi connectivity index (χ2v) is 4.80. The number of nitro groups is 1. The van der Waals surface area contributed by atoms with E-state index in [2.05, 4.69) is 10.3 Å². The number of nitrogens with one attached hydrogen (secondary N) is 1. The number of rotatable bonds is 5. The van der Waals surface area contributed by atoms with Crippen LogP contribution in [0.3, 0.4) is 0 Å². The Morgan fingerprint density at radius 3 is 2.73 bits per heavy atom. The van der Waals surface area contributed by atoms with Crippen LogP contribution in [0.15, 0.2) is 30.6 Å². The number of fused-ring (bicyclic) bond motifs is 1. The summed E-state index contributed by atoms with van der Waals surface area (Å²) in [4.78, 5) is 25.2. The lowest BCUT2D eigenvalue weighted by molar-refractivity contribution is -0.383. The number of carbonyl (C=O) groups is 1. The Morgan fingerprint density at radius 1 is 1.36 bits per heavy atom. The summed E-state index contributed by atoms with van der Waals surface area (Å²) in [6.45, 7) is 1.17. The number of benzene rings is 1. The van der Waals surface area contributed by atoms with E-state index in [1.807, 2.05) is 0 Å². The molecule has 8 heteroatoms. The molecule has 116 valence electrons. The van der Waals surface area contributed by atoms with E-state index in [1.54, 1.807) is 0 Å². The number of carbonyl (C=O) groups excluding carboxylic acids is 1. The van der Waals surface area contributed by atoms with Crippen LogP contribution in [0.4, 0.5) is 5.69 Å². The molecule has 2 atom stereocenters. The van der Waals surface area contributed by atoms with Gasteiger partial charge in [-0.3, -0.25) is 19.9 Å². The highest BCUT2D eigenvalue weighted by molar-refractivity contribution is 5.92. The average molecular weight is 305 g/mol. The fourth-order valence-corrected chi connectivity index (χ4v) is 2.18. The number of hydrogen-bond acceptors (Lipinski definition) is 6. The molecule has 2 unspecified atom stereocenters. The summed E-state index contributed by atoms with van der Waals surface area (Å²) in [5, 5.41) is 34.3. The van der Waals surface area contributed by atoms with Crippen LogP contribution in [0, 0.1) is 10.1 Å². The van der Waals surface area contributed by atoms with Crippen LogP contribution in [0.5, 0.6) is 0 Å². The maximum absolute atomic E-state index is 11.0. The third-order valence-electron chi connectivity index (χ3n) is 3.27. The summed E-state index contributed by atoms with van der Waals surface area (Å²) in [5.74, 6) is -0.330. The van der Waals surface area contributed by atoms with Crippen LogP contribution in [0.2, 0.25) is 0 Å². The van der Waals surface area contributed by atoms with Crippen molar-refractivity contribution in [3.63, 3.8) is 0 Å². The average Bonchev–Trinajstić information content (AvgIpc) is 2.50. The molecule has 0 spiro atoms. The molecule has 1 aromatic heterocycles. The number of nitro benzene ring substituents is 1. The third kappa shape index (κ3) is 3.18. The molecular formula is C14H15N3O5. The van der Waals surface area contributed by atoms with Crippen LogP contribution < -0.4 is 5.32 Å². The number of aliphatic hydroxyl groups excluding tert-OH is 2. The highest BCUT2D eigenvalue weighted by Gasteiger charge is 2.23. The molecule has 1 heterocycles. The predicted molar refractivity (Wildman–Crippen MR) is 78.0 cm³/mol. The van der Waals surface area contributed by atoms with Crippen molar-refractivity contribution in [1.29, 1.82) is 0 Å². The summed E-state index contributed by atoms with van der Waals surface area (Å²) >= 11 is 0. The number of pyridine rings is 1. The van der Waals surface area contributed by atoms with Gasteiger partial charge in [-0.05, 0) is 23.1 Å². The van der Waals surface area contributed by atoms with Crippen LogP contribution >= 0.6 is 0 Å². The van der Waals surface area contributed by atoms with Gasteiger partial charge in [0.15, 0.2) is 0 Å². The monoisotopic (exact) mass is 305 g/mol. The largest absolute Gasteiger partial charge is 0.388 e. The minimum Gasteiger partial charge on any atom is -0.388 e. The van der Waals surface area contributed by atoms with Gasteiger partial charge in [0, 0.05) is 31.9 Å². The lowest BCUT2D eigenvalue weighted by atomic mass is 9.97. The number of hydrogen-bond donors (Lipinski definition) is 3. The van der Waals surface area contributed by atoms with Crippen LogP contribution in [0.25, 0.3) is 10.8 Å². The smallest absolute Gasteiger partial charge is 0.278 e. The summed E-state index contributed by atoms with van der Waals surface area (Å²) in [5.41, 5.74) is 0.205. The van der Waals surface area contributed by atoms with Crippen molar-refractivity contribution in [2.45, 2.75) is 19.1 Å². The van der Waals surface area contributed by atoms with Gasteiger partial charge in [-0.2, -0.15) is 0 Å². The topological polar surface area (TPSA) is 126 Å². The molecule has 2 rings (SSSR count). The first-order valence-corrected chi connectivity index (χ1v) is 6.53. The molecule has 0 aliphatic rings. The summed E-state index contributed by atoms with van der Waals surface area (Å²) in [6, 6.07) is 4.18. The first-order valence-electron chi connectivity index (χ1n) is 6.53. The lowest BCUT2D eigenvalue weighted by Gasteiger charge is -2.19.